The quantitative estimate of drug-likeness (QED) is 0.612. The van der Waals surface area contributed by atoms with Gasteiger partial charge >= 0.3 is 11.8 Å². The molecule has 0 spiro atoms. The van der Waals surface area contributed by atoms with Crippen molar-refractivity contribution in [2.75, 3.05) is 39.4 Å². The van der Waals surface area contributed by atoms with Gasteiger partial charge < -0.3 is 24.7 Å². The summed E-state index contributed by atoms with van der Waals surface area (Å²) >= 11 is 0. The third-order valence-corrected chi connectivity index (χ3v) is 5.78. The maximum absolute atomic E-state index is 13.4. The molecular weight excluding hydrogens is 412 g/mol. The average molecular weight is 449 g/mol. The van der Waals surface area contributed by atoms with Crippen LogP contribution >= 0.6 is 0 Å². The summed E-state index contributed by atoms with van der Waals surface area (Å²) in [6, 6.07) is 2.32. The molecule has 2 fully saturated rings. The van der Waals surface area contributed by atoms with Crippen LogP contribution in [0.1, 0.15) is 58.3 Å². The summed E-state index contributed by atoms with van der Waals surface area (Å²) in [4.78, 5) is 43.0. The van der Waals surface area contributed by atoms with Gasteiger partial charge in [0.25, 0.3) is 5.91 Å². The molecule has 0 aromatic carbocycles. The van der Waals surface area contributed by atoms with E-state index in [1.807, 2.05) is 20.8 Å². The minimum absolute atomic E-state index is 0.0120. The van der Waals surface area contributed by atoms with Crippen LogP contribution < -0.4 is 10.6 Å². The Labute approximate surface area is 189 Å². The zero-order valence-electron chi connectivity index (χ0n) is 19.4. The molecule has 2 aliphatic rings. The molecule has 9 heteroatoms. The molecule has 1 aromatic rings. The highest BCUT2D eigenvalue weighted by atomic mass is 16.5. The van der Waals surface area contributed by atoms with Gasteiger partial charge in [-0.3, -0.25) is 19.3 Å². The van der Waals surface area contributed by atoms with Crippen molar-refractivity contribution in [3.63, 3.8) is 0 Å². The van der Waals surface area contributed by atoms with Gasteiger partial charge in [0.2, 0.25) is 0 Å². The van der Waals surface area contributed by atoms with Gasteiger partial charge in [0.15, 0.2) is 6.04 Å². The summed E-state index contributed by atoms with van der Waals surface area (Å²) < 4.78 is 10.9. The molecule has 178 valence electrons. The van der Waals surface area contributed by atoms with E-state index in [0.29, 0.717) is 25.5 Å². The van der Waals surface area contributed by atoms with E-state index < -0.39 is 23.4 Å². The van der Waals surface area contributed by atoms with E-state index in [1.165, 1.54) is 11.2 Å². The van der Waals surface area contributed by atoms with E-state index in [2.05, 4.69) is 15.5 Å². The molecule has 1 aromatic heterocycles. The first-order valence-electron chi connectivity index (χ1n) is 11.5. The van der Waals surface area contributed by atoms with Crippen molar-refractivity contribution >= 4 is 17.7 Å². The van der Waals surface area contributed by atoms with Crippen molar-refractivity contribution in [2.24, 2.45) is 0 Å². The van der Waals surface area contributed by atoms with Crippen LogP contribution in [0, 0.1) is 0 Å². The molecule has 2 heterocycles. The first-order chi connectivity index (χ1) is 15.2. The van der Waals surface area contributed by atoms with E-state index in [1.54, 1.807) is 12.1 Å². The van der Waals surface area contributed by atoms with Crippen LogP contribution in [0.5, 0.6) is 0 Å². The normalized spacial score (nSPS) is 18.8. The van der Waals surface area contributed by atoms with E-state index in [-0.39, 0.29) is 18.5 Å². The fourth-order valence-electron chi connectivity index (χ4n) is 4.18. The number of hydrogen-bond donors (Lipinski definition) is 2. The number of ether oxygens (including phenoxy) is 1. The lowest BCUT2D eigenvalue weighted by Crippen LogP contribution is -2.54. The lowest BCUT2D eigenvalue weighted by Gasteiger charge is -2.34. The van der Waals surface area contributed by atoms with Crippen molar-refractivity contribution in [3.05, 3.63) is 24.2 Å². The van der Waals surface area contributed by atoms with Gasteiger partial charge in [-0.1, -0.05) is 12.8 Å². The lowest BCUT2D eigenvalue weighted by atomic mass is 10.1. The van der Waals surface area contributed by atoms with Gasteiger partial charge in [-0.15, -0.1) is 0 Å². The van der Waals surface area contributed by atoms with Crippen molar-refractivity contribution in [3.8, 4) is 0 Å². The van der Waals surface area contributed by atoms with Crippen molar-refractivity contribution in [1.29, 1.82) is 0 Å². The average Bonchev–Trinajstić information content (AvgIpc) is 3.44. The van der Waals surface area contributed by atoms with Crippen LogP contribution in [0.15, 0.2) is 22.8 Å². The number of rotatable bonds is 7. The minimum atomic E-state index is -1.04. The summed E-state index contributed by atoms with van der Waals surface area (Å²) in [5, 5.41) is 5.79. The maximum Gasteiger partial charge on any atom is 0.312 e. The summed E-state index contributed by atoms with van der Waals surface area (Å²) in [5.41, 5.74) is -0.507. The Hall–Kier alpha value is -2.39. The third kappa shape index (κ3) is 6.80. The van der Waals surface area contributed by atoms with Crippen LogP contribution in [0.3, 0.4) is 0 Å². The molecule has 1 aliphatic carbocycles. The summed E-state index contributed by atoms with van der Waals surface area (Å²) in [7, 11) is 0. The third-order valence-electron chi connectivity index (χ3n) is 5.78. The first-order valence-corrected chi connectivity index (χ1v) is 11.5. The lowest BCUT2D eigenvalue weighted by molar-refractivity contribution is -0.151. The fraction of sp³-hybridized carbons (Fsp3) is 0.696. The fourth-order valence-corrected chi connectivity index (χ4v) is 4.18. The second-order valence-electron chi connectivity index (χ2n) is 9.56. The minimum Gasteiger partial charge on any atom is -0.467 e. The molecule has 1 saturated heterocycles. The number of carbonyl (C=O) groups excluding carboxylic acids is 3. The highest BCUT2D eigenvalue weighted by molar-refractivity contribution is 6.35. The van der Waals surface area contributed by atoms with Crippen LogP contribution in [-0.2, 0) is 19.1 Å². The number of nitrogens with one attached hydrogen (secondary N) is 2. The molecule has 2 N–H and O–H groups in total. The molecule has 3 rings (SSSR count). The van der Waals surface area contributed by atoms with Crippen LogP contribution in [0.25, 0.3) is 0 Å². The number of nitrogens with zero attached hydrogens (tertiary/aromatic N) is 2. The predicted octanol–water partition coefficient (Wildman–Crippen LogP) is 1.46. The number of amides is 3. The Morgan fingerprint density at radius 1 is 1.19 bits per heavy atom. The first kappa shape index (κ1) is 24.3. The largest absolute Gasteiger partial charge is 0.467 e. The standard InChI is InChI=1S/C23H36N4O5/c1-23(2,3)25-20(28)19(18-9-6-14-32-18)27(11-10-26-12-15-31-16-13-26)22(30)21(29)24-17-7-4-5-8-17/h6,9,14,17,19H,4-5,7-8,10-13,15-16H2,1-3H3,(H,24,29)(H,25,28). The van der Waals surface area contributed by atoms with Gasteiger partial charge in [0, 0.05) is 37.8 Å². The van der Waals surface area contributed by atoms with Crippen LogP contribution in [-0.4, -0.2) is 78.5 Å². The number of hydrogen-bond acceptors (Lipinski definition) is 6. The van der Waals surface area contributed by atoms with E-state index in [0.717, 1.165) is 38.8 Å². The second kappa shape index (κ2) is 11.0. The SMILES string of the molecule is CC(C)(C)NC(=O)C(c1ccco1)N(CCN1CCOCC1)C(=O)C(=O)NC1CCCC1. The van der Waals surface area contributed by atoms with Gasteiger partial charge in [0.1, 0.15) is 5.76 Å². The van der Waals surface area contributed by atoms with Gasteiger partial charge in [0.05, 0.1) is 19.5 Å². The number of furan rings is 1. The van der Waals surface area contributed by atoms with Crippen LogP contribution in [0.4, 0.5) is 0 Å². The van der Waals surface area contributed by atoms with Crippen molar-refractivity contribution in [1.82, 2.24) is 20.4 Å². The van der Waals surface area contributed by atoms with Gasteiger partial charge in [-0.25, -0.2) is 0 Å². The molecule has 9 nitrogen and oxygen atoms in total. The highest BCUT2D eigenvalue weighted by Crippen LogP contribution is 2.24. The second-order valence-corrected chi connectivity index (χ2v) is 9.56. The summed E-state index contributed by atoms with van der Waals surface area (Å²) in [6.45, 7) is 9.12. The van der Waals surface area contributed by atoms with Crippen molar-refractivity contribution < 1.29 is 23.5 Å². The Bertz CT molecular complexity index is 762. The molecular formula is C23H36N4O5. The summed E-state index contributed by atoms with van der Waals surface area (Å²) in [5.74, 6) is -1.43. The number of carbonyl (C=O) groups is 3. The van der Waals surface area contributed by atoms with E-state index >= 15 is 0 Å². The van der Waals surface area contributed by atoms with E-state index in [9.17, 15) is 14.4 Å². The Balaban J connectivity index is 1.83. The van der Waals surface area contributed by atoms with Crippen molar-refractivity contribution in [2.45, 2.75) is 64.1 Å². The predicted molar refractivity (Wildman–Crippen MR) is 119 cm³/mol. The molecule has 1 saturated carbocycles. The smallest absolute Gasteiger partial charge is 0.312 e. The highest BCUT2D eigenvalue weighted by Gasteiger charge is 2.38. The van der Waals surface area contributed by atoms with Gasteiger partial charge in [-0.05, 0) is 45.7 Å². The molecule has 1 aliphatic heterocycles. The molecule has 32 heavy (non-hydrogen) atoms. The molecule has 0 radical (unpaired) electrons. The number of morpholine rings is 1. The topological polar surface area (TPSA) is 104 Å². The molecule has 1 unspecified atom stereocenters. The van der Waals surface area contributed by atoms with E-state index in [4.69, 9.17) is 9.15 Å². The zero-order valence-corrected chi connectivity index (χ0v) is 19.4. The Morgan fingerprint density at radius 3 is 2.47 bits per heavy atom. The molecule has 3 amide bonds. The van der Waals surface area contributed by atoms with Gasteiger partial charge in [-0.2, -0.15) is 0 Å². The molecule has 1 atom stereocenters. The molecule has 0 bridgehead atoms. The van der Waals surface area contributed by atoms with Crippen LogP contribution in [0.2, 0.25) is 0 Å². The maximum atomic E-state index is 13.4. The Morgan fingerprint density at radius 2 is 1.88 bits per heavy atom. The Kier molecular flexibility index (Phi) is 8.31. The zero-order chi connectivity index (χ0) is 23.1. The summed E-state index contributed by atoms with van der Waals surface area (Å²) in [6.07, 6.45) is 5.31. The monoisotopic (exact) mass is 448 g/mol.